The molecular weight excluding hydrogens is 157 g/mol. The summed E-state index contributed by atoms with van der Waals surface area (Å²) in [5, 5.41) is 0. The lowest BCUT2D eigenvalue weighted by Crippen LogP contribution is -2.01. The normalized spacial score (nSPS) is 10.2. The Morgan fingerprint density at radius 2 is 2.25 bits per heavy atom. The van der Waals surface area contributed by atoms with Crippen LogP contribution in [-0.2, 0) is 18.1 Å². The highest BCUT2D eigenvalue weighted by Crippen LogP contribution is 2.12. The van der Waals surface area contributed by atoms with Gasteiger partial charge in [-0.2, -0.15) is 0 Å². The molecule has 0 saturated carbocycles. The Hall–Kier alpha value is -0.930. The van der Waals surface area contributed by atoms with E-state index in [1.165, 1.54) is 0 Å². The first-order valence-electron chi connectivity index (χ1n) is 3.74. The van der Waals surface area contributed by atoms with Gasteiger partial charge >= 0.3 is 0 Å². The van der Waals surface area contributed by atoms with Crippen molar-refractivity contribution in [2.24, 2.45) is 5.90 Å². The summed E-state index contributed by atoms with van der Waals surface area (Å²) >= 11 is 0. The van der Waals surface area contributed by atoms with Gasteiger partial charge in [-0.3, -0.25) is 4.84 Å². The maximum atomic E-state index is 12.2. The van der Waals surface area contributed by atoms with Gasteiger partial charge in [-0.25, -0.2) is 10.3 Å². The van der Waals surface area contributed by atoms with Crippen LogP contribution in [0, 0.1) is 6.92 Å². The van der Waals surface area contributed by atoms with Crippen molar-refractivity contribution >= 4 is 0 Å². The van der Waals surface area contributed by atoms with Gasteiger partial charge in [0.15, 0.2) is 0 Å². The molecule has 66 valence electrons. The van der Waals surface area contributed by atoms with E-state index in [-0.39, 0.29) is 0 Å². The first kappa shape index (κ1) is 9.16. The molecule has 0 atom stereocenters. The molecule has 1 aromatic rings. The Morgan fingerprint density at radius 3 is 2.83 bits per heavy atom. The topological polar surface area (TPSA) is 35.2 Å². The van der Waals surface area contributed by atoms with E-state index >= 15 is 0 Å². The number of rotatable bonds is 3. The molecule has 0 amide bonds. The van der Waals surface area contributed by atoms with Crippen LogP contribution >= 0.6 is 0 Å². The number of alkyl halides is 1. The van der Waals surface area contributed by atoms with Gasteiger partial charge in [0.1, 0.15) is 6.67 Å². The minimum absolute atomic E-state index is 0.333. The molecule has 0 unspecified atom stereocenters. The highest BCUT2D eigenvalue weighted by atomic mass is 19.1. The zero-order chi connectivity index (χ0) is 8.97. The van der Waals surface area contributed by atoms with Crippen molar-refractivity contribution in [1.82, 2.24) is 0 Å². The van der Waals surface area contributed by atoms with E-state index in [2.05, 4.69) is 4.84 Å². The SMILES string of the molecule is Cc1ccc(CF)cc1CON. The van der Waals surface area contributed by atoms with Crippen molar-refractivity contribution in [3.8, 4) is 0 Å². The molecule has 0 spiro atoms. The molecule has 0 aromatic heterocycles. The van der Waals surface area contributed by atoms with Gasteiger partial charge in [-0.15, -0.1) is 0 Å². The Balaban J connectivity index is 2.91. The first-order chi connectivity index (χ1) is 5.77. The molecule has 0 aliphatic heterocycles. The molecule has 0 heterocycles. The second kappa shape index (κ2) is 4.18. The molecule has 3 heteroatoms. The van der Waals surface area contributed by atoms with Gasteiger partial charge in [-0.05, 0) is 23.6 Å². The smallest absolute Gasteiger partial charge is 0.115 e. The predicted octanol–water partition coefficient (Wildman–Crippen LogP) is 1.85. The van der Waals surface area contributed by atoms with Crippen LogP contribution in [0.1, 0.15) is 16.7 Å². The van der Waals surface area contributed by atoms with E-state index in [9.17, 15) is 4.39 Å². The third-order valence-corrected chi connectivity index (χ3v) is 1.81. The summed E-state index contributed by atoms with van der Waals surface area (Å²) in [5.41, 5.74) is 2.66. The van der Waals surface area contributed by atoms with E-state index in [4.69, 9.17) is 5.90 Å². The molecule has 0 aliphatic carbocycles. The standard InChI is InChI=1S/C9H12FNO/c1-7-2-3-8(5-10)4-9(7)6-12-11/h2-4H,5-6,11H2,1H3. The van der Waals surface area contributed by atoms with E-state index < -0.39 is 6.67 Å². The van der Waals surface area contributed by atoms with E-state index in [0.717, 1.165) is 11.1 Å². The lowest BCUT2D eigenvalue weighted by Gasteiger charge is -2.05. The maximum Gasteiger partial charge on any atom is 0.115 e. The number of hydrogen-bond acceptors (Lipinski definition) is 2. The Labute approximate surface area is 71.1 Å². The molecule has 0 bridgehead atoms. The Kier molecular flexibility index (Phi) is 3.19. The molecule has 12 heavy (non-hydrogen) atoms. The van der Waals surface area contributed by atoms with E-state index in [1.54, 1.807) is 12.1 Å². The van der Waals surface area contributed by atoms with Crippen molar-refractivity contribution in [2.75, 3.05) is 0 Å². The summed E-state index contributed by atoms with van der Waals surface area (Å²) in [7, 11) is 0. The van der Waals surface area contributed by atoms with Crippen LogP contribution in [0.4, 0.5) is 4.39 Å². The zero-order valence-corrected chi connectivity index (χ0v) is 7.01. The summed E-state index contributed by atoms with van der Waals surface area (Å²) in [6.45, 7) is 1.83. The summed E-state index contributed by atoms with van der Waals surface area (Å²) in [5.74, 6) is 4.93. The molecule has 0 saturated heterocycles. The van der Waals surface area contributed by atoms with Crippen LogP contribution in [0.25, 0.3) is 0 Å². The summed E-state index contributed by atoms with van der Waals surface area (Å²) in [6, 6.07) is 5.39. The lowest BCUT2D eigenvalue weighted by atomic mass is 10.1. The van der Waals surface area contributed by atoms with Crippen LogP contribution < -0.4 is 5.90 Å². The molecule has 2 nitrogen and oxygen atoms in total. The summed E-state index contributed by atoms with van der Waals surface area (Å²) < 4.78 is 12.2. The van der Waals surface area contributed by atoms with Crippen LogP contribution in [0.2, 0.25) is 0 Å². The minimum Gasteiger partial charge on any atom is -0.300 e. The fraction of sp³-hybridized carbons (Fsp3) is 0.333. The molecule has 0 radical (unpaired) electrons. The van der Waals surface area contributed by atoms with Gasteiger partial charge in [0, 0.05) is 0 Å². The molecular formula is C9H12FNO. The average molecular weight is 169 g/mol. The Morgan fingerprint density at radius 1 is 1.50 bits per heavy atom. The number of benzene rings is 1. The molecule has 0 aliphatic rings. The molecule has 1 rings (SSSR count). The number of nitrogens with two attached hydrogens (primary N) is 1. The van der Waals surface area contributed by atoms with Gasteiger partial charge in [0.05, 0.1) is 6.61 Å². The zero-order valence-electron chi connectivity index (χ0n) is 7.01. The maximum absolute atomic E-state index is 12.2. The van der Waals surface area contributed by atoms with Crippen LogP contribution in [-0.4, -0.2) is 0 Å². The Bertz CT molecular complexity index is 263. The highest BCUT2D eigenvalue weighted by molar-refractivity contribution is 5.30. The molecule has 0 fully saturated rings. The molecule has 1 aromatic carbocycles. The fourth-order valence-corrected chi connectivity index (χ4v) is 1.05. The lowest BCUT2D eigenvalue weighted by molar-refractivity contribution is 0.123. The number of hydrogen-bond donors (Lipinski definition) is 1. The van der Waals surface area contributed by atoms with Crippen molar-refractivity contribution in [3.05, 3.63) is 34.9 Å². The summed E-state index contributed by atoms with van der Waals surface area (Å²) in [4.78, 5) is 4.49. The van der Waals surface area contributed by atoms with Crippen molar-refractivity contribution in [2.45, 2.75) is 20.2 Å². The number of aryl methyl sites for hydroxylation is 1. The van der Waals surface area contributed by atoms with Gasteiger partial charge in [-0.1, -0.05) is 18.2 Å². The molecule has 2 N–H and O–H groups in total. The highest BCUT2D eigenvalue weighted by Gasteiger charge is 1.99. The minimum atomic E-state index is -0.447. The largest absolute Gasteiger partial charge is 0.300 e. The van der Waals surface area contributed by atoms with Crippen LogP contribution in [0.15, 0.2) is 18.2 Å². The van der Waals surface area contributed by atoms with Crippen LogP contribution in [0.5, 0.6) is 0 Å². The van der Waals surface area contributed by atoms with E-state index in [1.807, 2.05) is 13.0 Å². The van der Waals surface area contributed by atoms with Crippen molar-refractivity contribution in [3.63, 3.8) is 0 Å². The predicted molar refractivity (Wildman–Crippen MR) is 45.0 cm³/mol. The van der Waals surface area contributed by atoms with Gasteiger partial charge < -0.3 is 0 Å². The van der Waals surface area contributed by atoms with Crippen LogP contribution in [0.3, 0.4) is 0 Å². The van der Waals surface area contributed by atoms with Gasteiger partial charge in [0.2, 0.25) is 0 Å². The summed E-state index contributed by atoms with van der Waals surface area (Å²) in [6.07, 6.45) is 0. The van der Waals surface area contributed by atoms with Gasteiger partial charge in [0.25, 0.3) is 0 Å². The third kappa shape index (κ3) is 2.03. The number of halogens is 1. The van der Waals surface area contributed by atoms with E-state index in [0.29, 0.717) is 12.2 Å². The monoisotopic (exact) mass is 169 g/mol. The third-order valence-electron chi connectivity index (χ3n) is 1.81. The average Bonchev–Trinajstić information content (AvgIpc) is 2.09. The quantitative estimate of drug-likeness (QED) is 0.701. The second-order valence-corrected chi connectivity index (χ2v) is 2.71. The fourth-order valence-electron chi connectivity index (χ4n) is 1.05. The van der Waals surface area contributed by atoms with Crippen molar-refractivity contribution in [1.29, 1.82) is 0 Å². The first-order valence-corrected chi connectivity index (χ1v) is 3.74. The van der Waals surface area contributed by atoms with Crippen molar-refractivity contribution < 1.29 is 9.23 Å². The second-order valence-electron chi connectivity index (χ2n) is 2.71.